The van der Waals surface area contributed by atoms with E-state index in [4.69, 9.17) is 9.97 Å². The van der Waals surface area contributed by atoms with Gasteiger partial charge in [0.2, 0.25) is 5.78 Å². The van der Waals surface area contributed by atoms with E-state index in [1.54, 1.807) is 12.1 Å². The zero-order valence-corrected chi connectivity index (χ0v) is 27.3. The predicted octanol–water partition coefficient (Wildman–Crippen LogP) is 11.7. The molecule has 0 unspecified atom stereocenters. The van der Waals surface area contributed by atoms with Crippen molar-refractivity contribution in [1.29, 1.82) is 0 Å². The van der Waals surface area contributed by atoms with E-state index in [-0.39, 0.29) is 5.78 Å². The Morgan fingerprint density at radius 3 is 0.860 bits per heavy atom. The van der Waals surface area contributed by atoms with E-state index in [1.807, 2.05) is 97.1 Å². The van der Waals surface area contributed by atoms with Crippen LogP contribution in [-0.4, -0.2) is 15.8 Å². The Morgan fingerprint density at radius 2 is 0.560 bits per heavy atom. The van der Waals surface area contributed by atoms with Crippen molar-refractivity contribution >= 4 is 5.78 Å². The van der Waals surface area contributed by atoms with Gasteiger partial charge in [0.1, 0.15) is 11.4 Å². The van der Waals surface area contributed by atoms with Crippen LogP contribution in [0.4, 0.5) is 0 Å². The van der Waals surface area contributed by atoms with Crippen molar-refractivity contribution in [3.05, 3.63) is 206 Å². The highest BCUT2D eigenvalue weighted by atomic mass is 16.1. The van der Waals surface area contributed by atoms with Gasteiger partial charge in [-0.1, -0.05) is 133 Å². The Bertz CT molecular complexity index is 2140. The Labute approximate surface area is 292 Å². The minimum Gasteiger partial charge on any atom is -0.285 e. The summed E-state index contributed by atoms with van der Waals surface area (Å²) < 4.78 is 0. The molecule has 0 N–H and O–H groups in total. The lowest BCUT2D eigenvalue weighted by Gasteiger charge is -2.12. The number of carbonyl (C=O) groups excluding carboxylic acids is 1. The maximum atomic E-state index is 14.0. The molecule has 0 bridgehead atoms. The number of benzene rings is 6. The molecule has 0 saturated heterocycles. The number of nitrogens with zero attached hydrogens (tertiary/aromatic N) is 2. The molecule has 8 aromatic rings. The zero-order valence-electron chi connectivity index (χ0n) is 27.3. The van der Waals surface area contributed by atoms with Crippen LogP contribution in [0, 0.1) is 0 Å². The smallest absolute Gasteiger partial charge is 0.229 e. The first kappa shape index (κ1) is 30.6. The summed E-state index contributed by atoms with van der Waals surface area (Å²) in [4.78, 5) is 23.9. The van der Waals surface area contributed by atoms with Gasteiger partial charge in [0, 0.05) is 11.1 Å². The molecule has 0 amide bonds. The van der Waals surface area contributed by atoms with Crippen LogP contribution in [-0.2, 0) is 0 Å². The fourth-order valence-electron chi connectivity index (χ4n) is 6.32. The number of ketones is 1. The van der Waals surface area contributed by atoms with E-state index in [1.165, 1.54) is 0 Å². The Kier molecular flexibility index (Phi) is 8.45. The van der Waals surface area contributed by atoms with Gasteiger partial charge in [-0.25, -0.2) is 9.97 Å². The minimum atomic E-state index is -0.223. The molecular formula is C47H32N2O. The van der Waals surface area contributed by atoms with Crippen molar-refractivity contribution in [3.8, 4) is 67.0 Å². The molecule has 236 valence electrons. The lowest BCUT2D eigenvalue weighted by Crippen LogP contribution is -2.07. The number of hydrogen-bond donors (Lipinski definition) is 0. The lowest BCUT2D eigenvalue weighted by molar-refractivity contribution is 0.103. The third-order valence-corrected chi connectivity index (χ3v) is 8.85. The summed E-state index contributed by atoms with van der Waals surface area (Å²) in [6, 6.07) is 65.5. The summed E-state index contributed by atoms with van der Waals surface area (Å²) >= 11 is 0. The molecule has 50 heavy (non-hydrogen) atoms. The molecule has 2 heterocycles. The highest BCUT2D eigenvalue weighted by Crippen LogP contribution is 2.34. The normalized spacial score (nSPS) is 10.9. The molecule has 8 rings (SSSR count). The molecule has 0 aliphatic carbocycles. The third-order valence-electron chi connectivity index (χ3n) is 8.85. The lowest BCUT2D eigenvalue weighted by atomic mass is 9.94. The first-order valence-electron chi connectivity index (χ1n) is 16.7. The molecule has 0 fully saturated rings. The molecule has 0 saturated carbocycles. The maximum absolute atomic E-state index is 14.0. The molecule has 3 nitrogen and oxygen atoms in total. The number of pyridine rings is 2. The Morgan fingerprint density at radius 1 is 0.280 bits per heavy atom. The van der Waals surface area contributed by atoms with Crippen molar-refractivity contribution in [3.63, 3.8) is 0 Å². The Balaban J connectivity index is 1.17. The van der Waals surface area contributed by atoms with Crippen LogP contribution in [0.25, 0.3) is 67.0 Å². The van der Waals surface area contributed by atoms with Gasteiger partial charge in [0.15, 0.2) is 0 Å². The Hall–Kier alpha value is -6.71. The minimum absolute atomic E-state index is 0.223. The summed E-state index contributed by atoms with van der Waals surface area (Å²) in [5, 5.41) is 0. The van der Waals surface area contributed by atoms with E-state index in [2.05, 4.69) is 84.9 Å². The van der Waals surface area contributed by atoms with Crippen molar-refractivity contribution in [1.82, 2.24) is 9.97 Å². The molecule has 2 aromatic heterocycles. The van der Waals surface area contributed by atoms with Crippen LogP contribution in [0.3, 0.4) is 0 Å². The summed E-state index contributed by atoms with van der Waals surface area (Å²) in [5.74, 6) is -0.223. The van der Waals surface area contributed by atoms with E-state index in [0.29, 0.717) is 11.4 Å². The predicted molar refractivity (Wildman–Crippen MR) is 205 cm³/mol. The summed E-state index contributed by atoms with van der Waals surface area (Å²) in [6.45, 7) is 0. The number of rotatable bonds is 8. The van der Waals surface area contributed by atoms with Gasteiger partial charge < -0.3 is 0 Å². The monoisotopic (exact) mass is 640 g/mol. The maximum Gasteiger partial charge on any atom is 0.229 e. The average Bonchev–Trinajstić information content (AvgIpc) is 3.21. The van der Waals surface area contributed by atoms with Crippen LogP contribution >= 0.6 is 0 Å². The second-order valence-corrected chi connectivity index (χ2v) is 12.2. The second kappa shape index (κ2) is 13.8. The molecule has 0 aliphatic heterocycles. The second-order valence-electron chi connectivity index (χ2n) is 12.2. The SMILES string of the molecule is O=C(c1cccc(-c2cc(-c3ccccc3)cc(-c3ccccc3)c2)n1)c1cccc(-c2cc(-c3ccccc3)cc(-c3ccccc3)c2)n1. The van der Waals surface area contributed by atoms with E-state index in [9.17, 15) is 4.79 Å². The summed E-state index contributed by atoms with van der Waals surface area (Å²) in [5.41, 5.74) is 12.8. The molecule has 0 aliphatic rings. The number of carbonyl (C=O) groups is 1. The van der Waals surface area contributed by atoms with Gasteiger partial charge in [-0.3, -0.25) is 4.79 Å². The molecule has 6 aromatic carbocycles. The van der Waals surface area contributed by atoms with Crippen LogP contribution in [0.1, 0.15) is 16.2 Å². The van der Waals surface area contributed by atoms with E-state index < -0.39 is 0 Å². The summed E-state index contributed by atoms with van der Waals surface area (Å²) in [7, 11) is 0. The highest BCUT2D eigenvalue weighted by molar-refractivity contribution is 6.07. The number of aromatic nitrogens is 2. The van der Waals surface area contributed by atoms with Crippen molar-refractivity contribution in [2.24, 2.45) is 0 Å². The zero-order chi connectivity index (χ0) is 33.7. The van der Waals surface area contributed by atoms with Crippen LogP contribution < -0.4 is 0 Å². The quantitative estimate of drug-likeness (QED) is 0.155. The van der Waals surface area contributed by atoms with Crippen LogP contribution in [0.2, 0.25) is 0 Å². The van der Waals surface area contributed by atoms with Gasteiger partial charge in [-0.2, -0.15) is 0 Å². The van der Waals surface area contributed by atoms with Gasteiger partial charge in [0.05, 0.1) is 11.4 Å². The fraction of sp³-hybridized carbons (Fsp3) is 0. The molecule has 0 spiro atoms. The van der Waals surface area contributed by atoms with Gasteiger partial charge >= 0.3 is 0 Å². The van der Waals surface area contributed by atoms with Gasteiger partial charge in [-0.05, 0) is 105 Å². The highest BCUT2D eigenvalue weighted by Gasteiger charge is 2.16. The largest absolute Gasteiger partial charge is 0.285 e. The van der Waals surface area contributed by atoms with Crippen molar-refractivity contribution < 1.29 is 4.79 Å². The van der Waals surface area contributed by atoms with E-state index >= 15 is 0 Å². The first-order chi connectivity index (χ1) is 24.7. The molecule has 0 atom stereocenters. The topological polar surface area (TPSA) is 42.9 Å². The standard InChI is InChI=1S/C47H32N2O/c50-47(45-25-13-23-43(48-45)41-29-37(33-15-5-1-6-16-33)27-38(30-41)34-17-7-2-8-18-34)46-26-14-24-44(49-46)42-31-39(35-19-9-3-10-20-35)28-40(32-42)36-21-11-4-12-22-36/h1-32H. The summed E-state index contributed by atoms with van der Waals surface area (Å²) in [6.07, 6.45) is 0. The van der Waals surface area contributed by atoms with Crippen molar-refractivity contribution in [2.75, 3.05) is 0 Å². The molecule has 0 radical (unpaired) electrons. The fourth-order valence-corrected chi connectivity index (χ4v) is 6.32. The molecule has 3 heteroatoms. The molecular weight excluding hydrogens is 609 g/mol. The van der Waals surface area contributed by atoms with Gasteiger partial charge in [-0.15, -0.1) is 0 Å². The third kappa shape index (κ3) is 6.53. The first-order valence-corrected chi connectivity index (χ1v) is 16.7. The van der Waals surface area contributed by atoms with E-state index in [0.717, 1.165) is 67.0 Å². The number of hydrogen-bond acceptors (Lipinski definition) is 3. The van der Waals surface area contributed by atoms with Crippen LogP contribution in [0.15, 0.2) is 194 Å². The average molecular weight is 641 g/mol. The van der Waals surface area contributed by atoms with Crippen molar-refractivity contribution in [2.45, 2.75) is 0 Å². The van der Waals surface area contributed by atoms with Crippen LogP contribution in [0.5, 0.6) is 0 Å². The van der Waals surface area contributed by atoms with Gasteiger partial charge in [0.25, 0.3) is 0 Å².